The van der Waals surface area contributed by atoms with Gasteiger partial charge in [0.2, 0.25) is 0 Å². The Balaban J connectivity index is 1.91. The second kappa shape index (κ2) is 5.45. The molecule has 0 bridgehead atoms. The lowest BCUT2D eigenvalue weighted by atomic mass is 9.98. The normalized spacial score (nSPS) is 13.8. The molecule has 0 nitrogen and oxygen atoms in total. The van der Waals surface area contributed by atoms with Crippen LogP contribution in [-0.4, -0.2) is 6.26 Å². The molecule has 1 aliphatic rings. The zero-order chi connectivity index (χ0) is 14.1. The Kier molecular flexibility index (Phi) is 3.66. The van der Waals surface area contributed by atoms with Crippen molar-refractivity contribution in [1.82, 2.24) is 0 Å². The van der Waals surface area contributed by atoms with E-state index in [1.165, 1.54) is 21.6 Å². The number of fused-ring (bicyclic) bond motifs is 1. The Morgan fingerprint density at radius 1 is 1.10 bits per heavy atom. The third-order valence-electron chi connectivity index (χ3n) is 3.94. The molecule has 2 aromatic carbocycles. The highest BCUT2D eigenvalue weighted by Gasteiger charge is 2.21. The molecule has 0 saturated heterocycles. The Bertz CT molecular complexity index is 668. The first-order valence-corrected chi connectivity index (χ1v) is 8.01. The largest absolute Gasteiger partial charge is 0.207 e. The van der Waals surface area contributed by atoms with Crippen molar-refractivity contribution >= 4 is 17.3 Å². The van der Waals surface area contributed by atoms with Crippen LogP contribution in [0.4, 0.5) is 4.39 Å². The quantitative estimate of drug-likeness (QED) is 0.705. The topological polar surface area (TPSA) is 0 Å². The van der Waals surface area contributed by atoms with Gasteiger partial charge in [-0.25, -0.2) is 4.39 Å². The Morgan fingerprint density at radius 3 is 2.55 bits per heavy atom. The van der Waals surface area contributed by atoms with E-state index in [1.807, 2.05) is 12.1 Å². The van der Waals surface area contributed by atoms with Crippen molar-refractivity contribution in [3.05, 3.63) is 70.5 Å². The third kappa shape index (κ3) is 2.40. The van der Waals surface area contributed by atoms with Gasteiger partial charge in [-0.05, 0) is 66.5 Å². The maximum Gasteiger partial charge on any atom is 0.127 e. The van der Waals surface area contributed by atoms with Crippen molar-refractivity contribution in [3.8, 4) is 0 Å². The highest BCUT2D eigenvalue weighted by Crippen LogP contribution is 2.36. The average Bonchev–Trinajstić information content (AvgIpc) is 2.78. The summed E-state index contributed by atoms with van der Waals surface area (Å²) >= 11 is 1.75. The summed E-state index contributed by atoms with van der Waals surface area (Å²) in [7, 11) is 0. The van der Waals surface area contributed by atoms with Crippen LogP contribution < -0.4 is 0 Å². The second-order valence-electron chi connectivity index (χ2n) is 5.23. The lowest BCUT2D eigenvalue weighted by molar-refractivity contribution is 0.614. The summed E-state index contributed by atoms with van der Waals surface area (Å²) in [6, 6.07) is 14.0. The molecule has 0 radical (unpaired) electrons. The van der Waals surface area contributed by atoms with E-state index in [1.54, 1.807) is 17.8 Å². The summed E-state index contributed by atoms with van der Waals surface area (Å²) in [6.45, 7) is 2.12. The van der Waals surface area contributed by atoms with Gasteiger partial charge in [0.05, 0.1) is 0 Å². The minimum absolute atomic E-state index is 0.0745. The second-order valence-corrected chi connectivity index (χ2v) is 6.11. The molecular weight excluding hydrogens is 267 g/mol. The zero-order valence-electron chi connectivity index (χ0n) is 11.7. The fourth-order valence-corrected chi connectivity index (χ4v) is 3.22. The van der Waals surface area contributed by atoms with E-state index in [-0.39, 0.29) is 5.82 Å². The van der Waals surface area contributed by atoms with Crippen molar-refractivity contribution < 1.29 is 4.39 Å². The van der Waals surface area contributed by atoms with Crippen LogP contribution in [0.25, 0.3) is 5.57 Å². The summed E-state index contributed by atoms with van der Waals surface area (Å²) in [5.74, 6) is -0.0745. The van der Waals surface area contributed by atoms with Gasteiger partial charge in [-0.3, -0.25) is 0 Å². The Hall–Kier alpha value is -1.54. The predicted octanol–water partition coefficient (Wildman–Crippen LogP) is 5.12. The van der Waals surface area contributed by atoms with Crippen LogP contribution in [0.5, 0.6) is 0 Å². The van der Waals surface area contributed by atoms with Crippen molar-refractivity contribution in [2.24, 2.45) is 0 Å². The fourth-order valence-electron chi connectivity index (χ4n) is 2.82. The summed E-state index contributed by atoms with van der Waals surface area (Å²) in [5, 5.41) is 0. The third-order valence-corrected chi connectivity index (χ3v) is 4.68. The summed E-state index contributed by atoms with van der Waals surface area (Å²) in [5.41, 5.74) is 5.82. The van der Waals surface area contributed by atoms with E-state index in [2.05, 4.69) is 37.4 Å². The summed E-state index contributed by atoms with van der Waals surface area (Å²) in [6.07, 6.45) is 3.72. The predicted molar refractivity (Wildman–Crippen MR) is 84.6 cm³/mol. The lowest BCUT2D eigenvalue weighted by Crippen LogP contribution is -1.92. The highest BCUT2D eigenvalue weighted by atomic mass is 32.2. The standard InChI is InChI=1S/C18H17FS/c1-12-10-17-15(4-3-5-18(17)19)16(12)11-13-6-8-14(20-2)9-7-13/h3-9H,10-11H2,1-2H3. The Labute approximate surface area is 123 Å². The number of allylic oxidation sites excluding steroid dienone is 2. The van der Waals surface area contributed by atoms with Crippen molar-refractivity contribution in [1.29, 1.82) is 0 Å². The molecule has 3 rings (SSSR count). The minimum Gasteiger partial charge on any atom is -0.207 e. The van der Waals surface area contributed by atoms with E-state index in [0.29, 0.717) is 0 Å². The monoisotopic (exact) mass is 284 g/mol. The van der Waals surface area contributed by atoms with E-state index < -0.39 is 0 Å². The number of rotatable bonds is 3. The smallest absolute Gasteiger partial charge is 0.127 e. The average molecular weight is 284 g/mol. The van der Waals surface area contributed by atoms with Gasteiger partial charge < -0.3 is 0 Å². The molecule has 0 unspecified atom stereocenters. The minimum atomic E-state index is -0.0745. The molecule has 0 amide bonds. The first-order chi connectivity index (χ1) is 9.69. The van der Waals surface area contributed by atoms with Gasteiger partial charge in [0.25, 0.3) is 0 Å². The molecule has 0 aliphatic heterocycles. The van der Waals surface area contributed by atoms with E-state index in [4.69, 9.17) is 0 Å². The molecule has 2 heteroatoms. The van der Waals surface area contributed by atoms with Gasteiger partial charge in [0.1, 0.15) is 5.82 Å². The first-order valence-electron chi connectivity index (χ1n) is 6.78. The van der Waals surface area contributed by atoms with Crippen molar-refractivity contribution in [2.75, 3.05) is 6.26 Å². The molecule has 0 atom stereocenters. The van der Waals surface area contributed by atoms with Gasteiger partial charge in [-0.15, -0.1) is 11.8 Å². The molecule has 102 valence electrons. The zero-order valence-corrected chi connectivity index (χ0v) is 12.6. The summed E-state index contributed by atoms with van der Waals surface area (Å²) in [4.78, 5) is 1.28. The van der Waals surface area contributed by atoms with Crippen LogP contribution >= 0.6 is 11.8 Å². The molecule has 0 saturated carbocycles. The van der Waals surface area contributed by atoms with Gasteiger partial charge in [-0.1, -0.05) is 29.8 Å². The van der Waals surface area contributed by atoms with Crippen LogP contribution in [0, 0.1) is 5.82 Å². The van der Waals surface area contributed by atoms with Crippen LogP contribution in [0.1, 0.15) is 23.6 Å². The molecule has 1 aliphatic carbocycles. The van der Waals surface area contributed by atoms with Crippen LogP contribution in [-0.2, 0) is 12.8 Å². The molecule has 0 N–H and O–H groups in total. The number of hydrogen-bond acceptors (Lipinski definition) is 1. The maximum absolute atomic E-state index is 13.8. The SMILES string of the molecule is CSc1ccc(CC2=C(C)Cc3c(F)cccc32)cc1. The Morgan fingerprint density at radius 2 is 1.85 bits per heavy atom. The highest BCUT2D eigenvalue weighted by molar-refractivity contribution is 7.98. The van der Waals surface area contributed by atoms with Crippen LogP contribution in [0.3, 0.4) is 0 Å². The molecular formula is C18H17FS. The van der Waals surface area contributed by atoms with Crippen molar-refractivity contribution in [2.45, 2.75) is 24.7 Å². The van der Waals surface area contributed by atoms with Gasteiger partial charge in [0, 0.05) is 4.90 Å². The van der Waals surface area contributed by atoms with Crippen LogP contribution in [0.15, 0.2) is 52.9 Å². The van der Waals surface area contributed by atoms with E-state index in [9.17, 15) is 4.39 Å². The molecule has 0 fully saturated rings. The summed E-state index contributed by atoms with van der Waals surface area (Å²) < 4.78 is 13.8. The molecule has 0 aromatic heterocycles. The molecule has 0 spiro atoms. The number of hydrogen-bond donors (Lipinski definition) is 0. The van der Waals surface area contributed by atoms with Gasteiger partial charge in [-0.2, -0.15) is 0 Å². The van der Waals surface area contributed by atoms with Crippen molar-refractivity contribution in [3.63, 3.8) is 0 Å². The molecule has 0 heterocycles. The van der Waals surface area contributed by atoms with E-state index in [0.717, 1.165) is 24.0 Å². The number of benzene rings is 2. The maximum atomic E-state index is 13.8. The van der Waals surface area contributed by atoms with Crippen LogP contribution in [0.2, 0.25) is 0 Å². The molecule has 20 heavy (non-hydrogen) atoms. The molecule has 2 aromatic rings. The van der Waals surface area contributed by atoms with Gasteiger partial charge in [0.15, 0.2) is 0 Å². The number of thioether (sulfide) groups is 1. The first kappa shape index (κ1) is 13.4. The lowest BCUT2D eigenvalue weighted by Gasteiger charge is -2.08. The van der Waals surface area contributed by atoms with Gasteiger partial charge >= 0.3 is 0 Å². The van der Waals surface area contributed by atoms with E-state index >= 15 is 0 Å². The number of halogens is 1. The fraction of sp³-hybridized carbons (Fsp3) is 0.222.